The van der Waals surface area contributed by atoms with Gasteiger partial charge in [-0.15, -0.1) is 0 Å². The Labute approximate surface area is 138 Å². The van der Waals surface area contributed by atoms with Crippen molar-refractivity contribution in [2.75, 3.05) is 13.1 Å². The average Bonchev–Trinajstić information content (AvgIpc) is 2.52. The van der Waals surface area contributed by atoms with E-state index in [2.05, 4.69) is 20.9 Å². The summed E-state index contributed by atoms with van der Waals surface area (Å²) in [6, 6.07) is 8.53. The van der Waals surface area contributed by atoms with Gasteiger partial charge in [-0.1, -0.05) is 15.9 Å². The van der Waals surface area contributed by atoms with E-state index in [1.165, 1.54) is 6.07 Å². The lowest BCUT2D eigenvalue weighted by molar-refractivity contribution is -0.130. The molecule has 0 spiro atoms. The fraction of sp³-hybridized carbons (Fsp3) is 0.294. The van der Waals surface area contributed by atoms with E-state index in [-0.39, 0.29) is 18.1 Å². The van der Waals surface area contributed by atoms with Crippen LogP contribution in [0, 0.1) is 5.82 Å². The Morgan fingerprint density at radius 2 is 2.00 bits per heavy atom. The molecule has 0 aliphatic heterocycles. The Kier molecular flexibility index (Phi) is 6.07. The van der Waals surface area contributed by atoms with E-state index in [1.807, 2.05) is 19.1 Å². The summed E-state index contributed by atoms with van der Waals surface area (Å²) in [4.78, 5) is 18.1. The molecular weight excluding hydrogens is 347 g/mol. The molecular formula is C17H18BrFN2O. The number of carbonyl (C=O) groups excluding carboxylic acids is 1. The Balaban J connectivity index is 1.98. The van der Waals surface area contributed by atoms with Crippen LogP contribution in [0.2, 0.25) is 0 Å². The second-order valence-electron chi connectivity index (χ2n) is 4.99. The van der Waals surface area contributed by atoms with Crippen molar-refractivity contribution in [3.05, 3.63) is 64.1 Å². The van der Waals surface area contributed by atoms with Crippen LogP contribution in [0.15, 0.2) is 47.2 Å². The molecule has 0 bridgehead atoms. The molecule has 22 heavy (non-hydrogen) atoms. The van der Waals surface area contributed by atoms with Crippen molar-refractivity contribution >= 4 is 21.8 Å². The highest BCUT2D eigenvalue weighted by Crippen LogP contribution is 2.17. The number of nitrogens with zero attached hydrogens (tertiary/aromatic N) is 2. The predicted octanol–water partition coefficient (Wildman–Crippen LogP) is 3.62. The average molecular weight is 365 g/mol. The van der Waals surface area contributed by atoms with E-state index in [0.717, 1.165) is 16.5 Å². The number of rotatable bonds is 6. The summed E-state index contributed by atoms with van der Waals surface area (Å²) in [5.41, 5.74) is 1.55. The largest absolute Gasteiger partial charge is 0.342 e. The Bertz CT molecular complexity index is 634. The lowest BCUT2D eigenvalue weighted by Crippen LogP contribution is -2.34. The van der Waals surface area contributed by atoms with E-state index in [9.17, 15) is 9.18 Å². The maximum Gasteiger partial charge on any atom is 0.227 e. The molecule has 2 rings (SSSR count). The lowest BCUT2D eigenvalue weighted by Gasteiger charge is -2.21. The van der Waals surface area contributed by atoms with Crippen LogP contribution in [0.25, 0.3) is 0 Å². The smallest absolute Gasteiger partial charge is 0.227 e. The zero-order valence-electron chi connectivity index (χ0n) is 12.4. The van der Waals surface area contributed by atoms with Crippen LogP contribution in [0.5, 0.6) is 0 Å². The number of carbonyl (C=O) groups is 1. The van der Waals surface area contributed by atoms with E-state index >= 15 is 0 Å². The summed E-state index contributed by atoms with van der Waals surface area (Å²) in [6.45, 7) is 3.16. The van der Waals surface area contributed by atoms with Crippen molar-refractivity contribution in [1.29, 1.82) is 0 Å². The van der Waals surface area contributed by atoms with Crippen molar-refractivity contribution in [2.45, 2.75) is 19.8 Å². The normalized spacial score (nSPS) is 10.5. The molecule has 1 heterocycles. The Hall–Kier alpha value is -1.75. The van der Waals surface area contributed by atoms with Gasteiger partial charge in [-0.25, -0.2) is 4.39 Å². The molecule has 0 N–H and O–H groups in total. The summed E-state index contributed by atoms with van der Waals surface area (Å²) >= 11 is 3.30. The van der Waals surface area contributed by atoms with Crippen molar-refractivity contribution in [1.82, 2.24) is 9.88 Å². The maximum atomic E-state index is 13.7. The number of benzene rings is 1. The van der Waals surface area contributed by atoms with Gasteiger partial charge in [0.05, 0.1) is 6.42 Å². The Morgan fingerprint density at radius 3 is 2.68 bits per heavy atom. The molecule has 1 aromatic heterocycles. The standard InChI is InChI=1S/C17H18BrFN2O/c1-2-21(10-7-13-5-8-20-9-6-13)17(22)12-14-11-15(18)3-4-16(14)19/h3-6,8-9,11H,2,7,10,12H2,1H3. The minimum absolute atomic E-state index is 0.0615. The van der Waals surface area contributed by atoms with Gasteiger partial charge in [-0.05, 0) is 54.8 Å². The SMILES string of the molecule is CCN(CCc1ccncc1)C(=O)Cc1cc(Br)ccc1F. The van der Waals surface area contributed by atoms with E-state index < -0.39 is 0 Å². The second kappa shape index (κ2) is 8.03. The third kappa shape index (κ3) is 4.63. The zero-order chi connectivity index (χ0) is 15.9. The summed E-state index contributed by atoms with van der Waals surface area (Å²) < 4.78 is 14.5. The third-order valence-corrected chi connectivity index (χ3v) is 4.00. The molecule has 5 heteroatoms. The fourth-order valence-corrected chi connectivity index (χ4v) is 2.63. The minimum Gasteiger partial charge on any atom is -0.342 e. The van der Waals surface area contributed by atoms with Gasteiger partial charge in [0, 0.05) is 30.0 Å². The highest BCUT2D eigenvalue weighted by molar-refractivity contribution is 9.10. The molecule has 0 saturated carbocycles. The molecule has 0 aliphatic carbocycles. The monoisotopic (exact) mass is 364 g/mol. The van der Waals surface area contributed by atoms with Crippen LogP contribution in [0.1, 0.15) is 18.1 Å². The molecule has 0 fully saturated rings. The van der Waals surface area contributed by atoms with Gasteiger partial charge in [-0.3, -0.25) is 9.78 Å². The highest BCUT2D eigenvalue weighted by Gasteiger charge is 2.15. The van der Waals surface area contributed by atoms with E-state index in [0.29, 0.717) is 18.7 Å². The highest BCUT2D eigenvalue weighted by atomic mass is 79.9. The first-order valence-corrected chi connectivity index (χ1v) is 8.00. The topological polar surface area (TPSA) is 33.2 Å². The van der Waals surface area contributed by atoms with Gasteiger partial charge >= 0.3 is 0 Å². The van der Waals surface area contributed by atoms with Crippen LogP contribution in [-0.4, -0.2) is 28.9 Å². The summed E-state index contributed by atoms with van der Waals surface area (Å²) in [7, 11) is 0. The Morgan fingerprint density at radius 1 is 1.27 bits per heavy atom. The van der Waals surface area contributed by atoms with Gasteiger partial charge in [0.15, 0.2) is 0 Å². The van der Waals surface area contributed by atoms with Crippen molar-refractivity contribution in [3.63, 3.8) is 0 Å². The summed E-state index contributed by atoms with van der Waals surface area (Å²) in [6.07, 6.45) is 4.33. The fourth-order valence-electron chi connectivity index (χ4n) is 2.23. The van der Waals surface area contributed by atoms with Gasteiger partial charge in [0.2, 0.25) is 5.91 Å². The van der Waals surface area contributed by atoms with Crippen LogP contribution in [0.3, 0.4) is 0 Å². The van der Waals surface area contributed by atoms with Crippen LogP contribution in [0.4, 0.5) is 4.39 Å². The molecule has 116 valence electrons. The molecule has 0 aliphatic rings. The molecule has 1 amide bonds. The van der Waals surface area contributed by atoms with E-state index in [4.69, 9.17) is 0 Å². The molecule has 0 unspecified atom stereocenters. The first-order chi connectivity index (χ1) is 10.6. The van der Waals surface area contributed by atoms with Crippen molar-refractivity contribution in [3.8, 4) is 0 Å². The molecule has 0 saturated heterocycles. The molecule has 0 atom stereocenters. The zero-order valence-corrected chi connectivity index (χ0v) is 14.0. The number of amides is 1. The number of hydrogen-bond acceptors (Lipinski definition) is 2. The molecule has 1 aromatic carbocycles. The van der Waals surface area contributed by atoms with Gasteiger partial charge in [0.25, 0.3) is 0 Å². The predicted molar refractivity (Wildman–Crippen MR) is 88.0 cm³/mol. The number of halogens is 2. The van der Waals surface area contributed by atoms with Crippen molar-refractivity contribution in [2.24, 2.45) is 0 Å². The first-order valence-electron chi connectivity index (χ1n) is 7.20. The summed E-state index contributed by atoms with van der Waals surface area (Å²) in [5.74, 6) is -0.407. The third-order valence-electron chi connectivity index (χ3n) is 3.50. The van der Waals surface area contributed by atoms with Gasteiger partial charge < -0.3 is 4.90 Å². The maximum absolute atomic E-state index is 13.7. The second-order valence-corrected chi connectivity index (χ2v) is 5.91. The van der Waals surface area contributed by atoms with Crippen LogP contribution >= 0.6 is 15.9 Å². The van der Waals surface area contributed by atoms with E-state index in [1.54, 1.807) is 29.4 Å². The molecule has 0 radical (unpaired) electrons. The summed E-state index contributed by atoms with van der Waals surface area (Å²) in [5, 5.41) is 0. The number of hydrogen-bond donors (Lipinski definition) is 0. The van der Waals surface area contributed by atoms with Crippen LogP contribution < -0.4 is 0 Å². The quantitative estimate of drug-likeness (QED) is 0.784. The van der Waals surface area contributed by atoms with Crippen molar-refractivity contribution < 1.29 is 9.18 Å². The number of aromatic nitrogens is 1. The number of pyridine rings is 1. The van der Waals surface area contributed by atoms with Gasteiger partial charge in [0.1, 0.15) is 5.82 Å². The molecule has 3 nitrogen and oxygen atoms in total. The number of likely N-dealkylation sites (N-methyl/N-ethyl adjacent to an activating group) is 1. The lowest BCUT2D eigenvalue weighted by atomic mass is 10.1. The van der Waals surface area contributed by atoms with Crippen LogP contribution in [-0.2, 0) is 17.6 Å². The minimum atomic E-state index is -0.346. The molecule has 2 aromatic rings. The van der Waals surface area contributed by atoms with Gasteiger partial charge in [-0.2, -0.15) is 0 Å². The first kappa shape index (κ1) is 16.6.